The Hall–Kier alpha value is -1.46. The molecule has 2 rings (SSSR count). The number of rotatable bonds is 5. The van der Waals surface area contributed by atoms with E-state index in [1.165, 1.54) is 0 Å². The number of hydrogen-bond donors (Lipinski definition) is 2. The number of aliphatic hydroxyl groups excluding tert-OH is 1. The van der Waals surface area contributed by atoms with Crippen LogP contribution in [0.1, 0.15) is 12.5 Å². The first-order valence-corrected chi connectivity index (χ1v) is 5.68. The Bertz CT molecular complexity index is 394. The van der Waals surface area contributed by atoms with Crippen LogP contribution < -0.4 is 19.9 Å². The summed E-state index contributed by atoms with van der Waals surface area (Å²) < 4.78 is 16.1. The van der Waals surface area contributed by atoms with E-state index in [0.717, 1.165) is 17.7 Å². The summed E-state index contributed by atoms with van der Waals surface area (Å²) in [5.74, 6) is 2.14. The molecule has 0 radical (unpaired) electrons. The molecule has 0 saturated carbocycles. The maximum absolute atomic E-state index is 9.37. The highest BCUT2D eigenvalue weighted by molar-refractivity contribution is 5.51. The van der Waals surface area contributed by atoms with Crippen molar-refractivity contribution in [3.8, 4) is 17.2 Å². The second-order valence-corrected chi connectivity index (χ2v) is 3.87. The van der Waals surface area contributed by atoms with Crippen LogP contribution in [0.5, 0.6) is 17.2 Å². The van der Waals surface area contributed by atoms with Crippen molar-refractivity contribution in [3.63, 3.8) is 0 Å². The molecule has 0 bridgehead atoms. The summed E-state index contributed by atoms with van der Waals surface area (Å²) in [7, 11) is 0. The molecule has 0 amide bonds. The SMILES string of the molecule is CCc1cc2c(cc1OCC(O)CN)OCO2. The molecular formula is C12H17NO4. The third-order valence-corrected chi connectivity index (χ3v) is 2.64. The molecule has 1 aliphatic heterocycles. The summed E-state index contributed by atoms with van der Waals surface area (Å²) in [6.45, 7) is 2.65. The van der Waals surface area contributed by atoms with Gasteiger partial charge in [-0.05, 0) is 18.1 Å². The zero-order valence-electron chi connectivity index (χ0n) is 9.81. The fraction of sp³-hybridized carbons (Fsp3) is 0.500. The van der Waals surface area contributed by atoms with E-state index in [-0.39, 0.29) is 19.9 Å². The molecule has 0 aromatic heterocycles. The Morgan fingerprint density at radius 1 is 1.41 bits per heavy atom. The average molecular weight is 239 g/mol. The molecule has 1 aromatic rings. The zero-order valence-corrected chi connectivity index (χ0v) is 9.81. The lowest BCUT2D eigenvalue weighted by atomic mass is 10.1. The summed E-state index contributed by atoms with van der Waals surface area (Å²) in [4.78, 5) is 0. The lowest BCUT2D eigenvalue weighted by molar-refractivity contribution is 0.113. The van der Waals surface area contributed by atoms with Crippen molar-refractivity contribution in [2.24, 2.45) is 5.73 Å². The van der Waals surface area contributed by atoms with Gasteiger partial charge in [-0.2, -0.15) is 0 Å². The van der Waals surface area contributed by atoms with Crippen molar-refractivity contribution in [2.75, 3.05) is 19.9 Å². The van der Waals surface area contributed by atoms with Gasteiger partial charge in [0.15, 0.2) is 11.5 Å². The first kappa shape index (κ1) is 12.0. The highest BCUT2D eigenvalue weighted by Gasteiger charge is 2.17. The first-order chi connectivity index (χ1) is 8.24. The van der Waals surface area contributed by atoms with Gasteiger partial charge in [-0.15, -0.1) is 0 Å². The van der Waals surface area contributed by atoms with Gasteiger partial charge in [0.1, 0.15) is 18.5 Å². The lowest BCUT2D eigenvalue weighted by Crippen LogP contribution is -2.26. The van der Waals surface area contributed by atoms with Crippen LogP contribution in [0.4, 0.5) is 0 Å². The third-order valence-electron chi connectivity index (χ3n) is 2.64. The van der Waals surface area contributed by atoms with Crippen LogP contribution in [0.3, 0.4) is 0 Å². The van der Waals surface area contributed by atoms with Crippen LogP contribution in [0.15, 0.2) is 12.1 Å². The number of ether oxygens (including phenoxy) is 3. The van der Waals surface area contributed by atoms with Gasteiger partial charge in [0, 0.05) is 12.6 Å². The fourth-order valence-corrected chi connectivity index (χ4v) is 1.63. The van der Waals surface area contributed by atoms with Crippen LogP contribution in [0.25, 0.3) is 0 Å². The van der Waals surface area contributed by atoms with E-state index in [9.17, 15) is 5.11 Å². The van der Waals surface area contributed by atoms with Crippen molar-refractivity contribution in [2.45, 2.75) is 19.4 Å². The molecule has 0 fully saturated rings. The molecule has 3 N–H and O–H groups in total. The number of hydrogen-bond acceptors (Lipinski definition) is 5. The second kappa shape index (κ2) is 5.25. The summed E-state index contributed by atoms with van der Waals surface area (Å²) >= 11 is 0. The van der Waals surface area contributed by atoms with Crippen LogP contribution in [-0.2, 0) is 6.42 Å². The van der Waals surface area contributed by atoms with Crippen molar-refractivity contribution in [3.05, 3.63) is 17.7 Å². The summed E-state index contributed by atoms with van der Waals surface area (Å²) in [6, 6.07) is 3.71. The van der Waals surface area contributed by atoms with Crippen LogP contribution in [0, 0.1) is 0 Å². The molecule has 1 atom stereocenters. The highest BCUT2D eigenvalue weighted by Crippen LogP contribution is 2.38. The lowest BCUT2D eigenvalue weighted by Gasteiger charge is -2.13. The first-order valence-electron chi connectivity index (χ1n) is 5.68. The van der Waals surface area contributed by atoms with E-state index >= 15 is 0 Å². The molecule has 1 unspecified atom stereocenters. The second-order valence-electron chi connectivity index (χ2n) is 3.87. The average Bonchev–Trinajstić information content (AvgIpc) is 2.81. The minimum atomic E-state index is -0.648. The molecule has 1 aromatic carbocycles. The van der Waals surface area contributed by atoms with Crippen molar-refractivity contribution < 1.29 is 19.3 Å². The Labute approximate surface area is 100 Å². The summed E-state index contributed by atoms with van der Waals surface area (Å²) in [5.41, 5.74) is 6.35. The fourth-order valence-electron chi connectivity index (χ4n) is 1.63. The van der Waals surface area contributed by atoms with Gasteiger partial charge in [0.05, 0.1) is 0 Å². The number of benzene rings is 1. The highest BCUT2D eigenvalue weighted by atomic mass is 16.7. The minimum absolute atomic E-state index is 0.184. The smallest absolute Gasteiger partial charge is 0.231 e. The molecule has 1 aliphatic rings. The monoisotopic (exact) mass is 239 g/mol. The standard InChI is InChI=1S/C12H17NO4/c1-2-8-3-11-12(17-7-16-11)4-10(8)15-6-9(14)5-13/h3-4,9,14H,2,5-7,13H2,1H3. The molecule has 0 spiro atoms. The number of aliphatic hydroxyl groups is 1. The Balaban J connectivity index is 2.15. The van der Waals surface area contributed by atoms with Gasteiger partial charge in [-0.3, -0.25) is 0 Å². The van der Waals surface area contributed by atoms with Gasteiger partial charge < -0.3 is 25.1 Å². The summed E-state index contributed by atoms with van der Waals surface area (Å²) in [6.07, 6.45) is 0.176. The van der Waals surface area contributed by atoms with E-state index in [1.807, 2.05) is 13.0 Å². The number of fused-ring (bicyclic) bond motifs is 1. The van der Waals surface area contributed by atoms with Gasteiger partial charge in [-0.25, -0.2) is 0 Å². The topological polar surface area (TPSA) is 73.9 Å². The Morgan fingerprint density at radius 3 is 2.76 bits per heavy atom. The van der Waals surface area contributed by atoms with Gasteiger partial charge in [0.25, 0.3) is 0 Å². The van der Waals surface area contributed by atoms with Crippen LogP contribution in [0.2, 0.25) is 0 Å². The summed E-state index contributed by atoms with van der Waals surface area (Å²) in [5, 5.41) is 9.37. The quantitative estimate of drug-likeness (QED) is 0.790. The molecule has 5 heteroatoms. The Kier molecular flexibility index (Phi) is 3.71. The number of nitrogens with two attached hydrogens (primary N) is 1. The molecule has 17 heavy (non-hydrogen) atoms. The third kappa shape index (κ3) is 2.62. The molecule has 0 saturated heterocycles. The van der Waals surface area contributed by atoms with Gasteiger partial charge in [0.2, 0.25) is 6.79 Å². The molecule has 94 valence electrons. The molecule has 0 aliphatic carbocycles. The van der Waals surface area contributed by atoms with E-state index in [1.54, 1.807) is 6.07 Å². The largest absolute Gasteiger partial charge is 0.490 e. The normalized spacial score (nSPS) is 14.8. The van der Waals surface area contributed by atoms with E-state index < -0.39 is 6.10 Å². The van der Waals surface area contributed by atoms with E-state index in [2.05, 4.69) is 0 Å². The molecular weight excluding hydrogens is 222 g/mol. The minimum Gasteiger partial charge on any atom is -0.490 e. The van der Waals surface area contributed by atoms with Gasteiger partial charge in [-0.1, -0.05) is 6.92 Å². The van der Waals surface area contributed by atoms with E-state index in [0.29, 0.717) is 11.5 Å². The predicted octanol–water partition coefficient (Wildman–Crippen LogP) is 0.676. The molecule has 5 nitrogen and oxygen atoms in total. The van der Waals surface area contributed by atoms with Crippen molar-refractivity contribution in [1.82, 2.24) is 0 Å². The number of aryl methyl sites for hydroxylation is 1. The van der Waals surface area contributed by atoms with Crippen LogP contribution >= 0.6 is 0 Å². The van der Waals surface area contributed by atoms with Crippen molar-refractivity contribution in [1.29, 1.82) is 0 Å². The zero-order chi connectivity index (χ0) is 12.3. The maximum Gasteiger partial charge on any atom is 0.231 e. The van der Waals surface area contributed by atoms with Crippen LogP contribution in [-0.4, -0.2) is 31.2 Å². The predicted molar refractivity (Wildman–Crippen MR) is 62.5 cm³/mol. The van der Waals surface area contributed by atoms with Gasteiger partial charge >= 0.3 is 0 Å². The van der Waals surface area contributed by atoms with E-state index in [4.69, 9.17) is 19.9 Å². The molecule has 1 heterocycles. The Morgan fingerprint density at radius 2 is 2.12 bits per heavy atom. The van der Waals surface area contributed by atoms with Crippen molar-refractivity contribution >= 4 is 0 Å². The maximum atomic E-state index is 9.37.